The molecule has 3 aromatic carbocycles. The van der Waals surface area contributed by atoms with Gasteiger partial charge in [-0.2, -0.15) is 9.78 Å². The van der Waals surface area contributed by atoms with Crippen molar-refractivity contribution in [2.75, 3.05) is 17.2 Å². The molecule has 12 nitrogen and oxygen atoms in total. The van der Waals surface area contributed by atoms with Crippen LogP contribution in [0.1, 0.15) is 32.9 Å². The van der Waals surface area contributed by atoms with Crippen LogP contribution in [-0.4, -0.2) is 44.0 Å². The van der Waals surface area contributed by atoms with Crippen LogP contribution in [0.25, 0.3) is 5.82 Å². The van der Waals surface area contributed by atoms with E-state index in [-0.39, 0.29) is 23.1 Å². The molecule has 3 heterocycles. The molecule has 6 rings (SSSR count). The highest BCUT2D eigenvalue weighted by atomic mass is 19.1. The molecule has 1 amide bonds. The van der Waals surface area contributed by atoms with Gasteiger partial charge in [-0.05, 0) is 75.9 Å². The van der Waals surface area contributed by atoms with Gasteiger partial charge in [0.15, 0.2) is 5.69 Å². The second kappa shape index (κ2) is 11.3. The predicted molar refractivity (Wildman–Crippen MR) is 147 cm³/mol. The number of anilines is 2. The van der Waals surface area contributed by atoms with Crippen LogP contribution in [0.2, 0.25) is 0 Å². The highest BCUT2D eigenvalue weighted by molar-refractivity contribution is 5.94. The molecule has 206 valence electrons. The minimum Gasteiger partial charge on any atom is -0.489 e. The van der Waals surface area contributed by atoms with E-state index in [4.69, 9.17) is 15.1 Å². The zero-order chi connectivity index (χ0) is 28.2. The molecule has 0 unspecified atom stereocenters. The molecule has 1 aliphatic rings. The fraction of sp³-hybridized carbons (Fsp3) is 0.143. The fourth-order valence-corrected chi connectivity index (χ4v) is 4.50. The van der Waals surface area contributed by atoms with Crippen LogP contribution in [0.4, 0.5) is 15.9 Å². The van der Waals surface area contributed by atoms with Crippen molar-refractivity contribution in [1.82, 2.24) is 30.7 Å². The number of nitrogens with one attached hydrogen (secondary N) is 1. The van der Waals surface area contributed by atoms with Crippen molar-refractivity contribution in [3.05, 3.63) is 107 Å². The number of fused-ring (bicyclic) bond motifs is 1. The Bertz CT molecular complexity index is 1700. The number of rotatable bonds is 9. The number of hydrogen-bond donors (Lipinski definition) is 2. The zero-order valence-corrected chi connectivity index (χ0v) is 21.6. The molecule has 1 aliphatic heterocycles. The van der Waals surface area contributed by atoms with Gasteiger partial charge < -0.3 is 15.4 Å². The average molecular weight is 554 g/mol. The van der Waals surface area contributed by atoms with Gasteiger partial charge in [-0.15, -0.1) is 5.10 Å². The van der Waals surface area contributed by atoms with Gasteiger partial charge in [-0.25, -0.2) is 14.4 Å². The number of aromatic nitrogens is 5. The van der Waals surface area contributed by atoms with Gasteiger partial charge in [0.25, 0.3) is 5.91 Å². The van der Waals surface area contributed by atoms with Crippen molar-refractivity contribution in [3.63, 3.8) is 0 Å². The molecule has 0 bridgehead atoms. The van der Waals surface area contributed by atoms with Gasteiger partial charge in [0.2, 0.25) is 11.6 Å². The van der Waals surface area contributed by atoms with E-state index in [0.29, 0.717) is 24.6 Å². The zero-order valence-electron chi connectivity index (χ0n) is 21.6. The standard InChI is InChI=1S/C28H24FN9O3/c29-21-9-5-19(6-10-21)17-40-22-11-7-18(8-12-22)15-31-33-28(39)25-24(38(36-32-25)27-26(30)34-41-35-27)16-37-14-13-20-3-1-2-4-23(20)37/h1-12,15H,13-14,16-17H2,(H2,30,34)(H,33,39). The van der Waals surface area contributed by atoms with Gasteiger partial charge in [0, 0.05) is 12.2 Å². The van der Waals surface area contributed by atoms with Gasteiger partial charge in [0.1, 0.15) is 18.2 Å². The molecule has 0 radical (unpaired) electrons. The van der Waals surface area contributed by atoms with Crippen molar-refractivity contribution in [1.29, 1.82) is 0 Å². The lowest BCUT2D eigenvalue weighted by molar-refractivity contribution is 0.0949. The predicted octanol–water partition coefficient (Wildman–Crippen LogP) is 3.28. The third-order valence-corrected chi connectivity index (χ3v) is 6.58. The van der Waals surface area contributed by atoms with E-state index in [1.165, 1.54) is 28.6 Å². The molecule has 0 atom stereocenters. The van der Waals surface area contributed by atoms with Gasteiger partial charge in [-0.3, -0.25) is 4.79 Å². The van der Waals surface area contributed by atoms with E-state index in [0.717, 1.165) is 29.8 Å². The first kappa shape index (κ1) is 25.7. The summed E-state index contributed by atoms with van der Waals surface area (Å²) in [5.41, 5.74) is 12.8. The summed E-state index contributed by atoms with van der Waals surface area (Å²) in [7, 11) is 0. The lowest BCUT2D eigenvalue weighted by Gasteiger charge is -2.19. The molecule has 0 spiro atoms. The van der Waals surface area contributed by atoms with Crippen LogP contribution in [-0.2, 0) is 19.6 Å². The van der Waals surface area contributed by atoms with Crippen molar-refractivity contribution in [2.24, 2.45) is 5.10 Å². The van der Waals surface area contributed by atoms with Crippen LogP contribution < -0.4 is 20.8 Å². The SMILES string of the molecule is Nc1nonc1-n1nnc(C(=O)NN=Cc2ccc(OCc3ccc(F)cc3)cc2)c1CN1CCc2ccccc21. The van der Waals surface area contributed by atoms with E-state index in [9.17, 15) is 9.18 Å². The lowest BCUT2D eigenvalue weighted by atomic mass is 10.2. The van der Waals surface area contributed by atoms with Crippen LogP contribution >= 0.6 is 0 Å². The Balaban J connectivity index is 1.14. The van der Waals surface area contributed by atoms with E-state index >= 15 is 0 Å². The van der Waals surface area contributed by atoms with E-state index < -0.39 is 5.91 Å². The Labute approximate surface area is 233 Å². The molecule has 3 N–H and O–H groups in total. The largest absolute Gasteiger partial charge is 0.489 e. The average Bonchev–Trinajstić information content (AvgIpc) is 3.72. The highest BCUT2D eigenvalue weighted by Gasteiger charge is 2.28. The topological polar surface area (TPSA) is 150 Å². The maximum absolute atomic E-state index is 13.1. The smallest absolute Gasteiger partial charge is 0.293 e. The first-order chi connectivity index (χ1) is 20.0. The summed E-state index contributed by atoms with van der Waals surface area (Å²) < 4.78 is 24.9. The van der Waals surface area contributed by atoms with Crippen LogP contribution in [0.3, 0.4) is 0 Å². The van der Waals surface area contributed by atoms with E-state index in [1.807, 2.05) is 18.2 Å². The highest BCUT2D eigenvalue weighted by Crippen LogP contribution is 2.30. The number of carbonyl (C=O) groups excluding carboxylic acids is 1. The minimum absolute atomic E-state index is 0.0213. The first-order valence-corrected chi connectivity index (χ1v) is 12.7. The fourth-order valence-electron chi connectivity index (χ4n) is 4.50. The molecular weight excluding hydrogens is 529 g/mol. The Morgan fingerprint density at radius 2 is 1.90 bits per heavy atom. The van der Waals surface area contributed by atoms with Crippen LogP contribution in [0, 0.1) is 5.82 Å². The van der Waals surface area contributed by atoms with Gasteiger partial charge in [-0.1, -0.05) is 35.5 Å². The molecule has 5 aromatic rings. The van der Waals surface area contributed by atoms with Crippen molar-refractivity contribution >= 4 is 23.6 Å². The Morgan fingerprint density at radius 1 is 1.10 bits per heavy atom. The normalized spacial score (nSPS) is 12.6. The quantitative estimate of drug-likeness (QED) is 0.207. The summed E-state index contributed by atoms with van der Waals surface area (Å²) in [5, 5.41) is 19.7. The van der Waals surface area contributed by atoms with Crippen molar-refractivity contribution in [3.8, 4) is 11.6 Å². The second-order valence-electron chi connectivity index (χ2n) is 9.25. The van der Waals surface area contributed by atoms with Gasteiger partial charge >= 0.3 is 0 Å². The number of benzene rings is 3. The molecule has 2 aromatic heterocycles. The van der Waals surface area contributed by atoms with Crippen LogP contribution in [0.15, 0.2) is 82.5 Å². The van der Waals surface area contributed by atoms with Crippen molar-refractivity contribution in [2.45, 2.75) is 19.6 Å². The van der Waals surface area contributed by atoms with Gasteiger partial charge in [0.05, 0.1) is 18.5 Å². The summed E-state index contributed by atoms with van der Waals surface area (Å²) in [6.45, 7) is 1.40. The summed E-state index contributed by atoms with van der Waals surface area (Å²) in [6, 6.07) is 21.4. The first-order valence-electron chi connectivity index (χ1n) is 12.7. The molecule has 0 fully saturated rings. The number of ether oxygens (including phenoxy) is 1. The van der Waals surface area contributed by atoms with Crippen molar-refractivity contribution < 1.29 is 18.6 Å². The number of hydrazone groups is 1. The number of carbonyl (C=O) groups is 1. The molecule has 0 saturated carbocycles. The number of halogens is 1. The number of hydrogen-bond acceptors (Lipinski definition) is 10. The lowest BCUT2D eigenvalue weighted by Crippen LogP contribution is -2.26. The summed E-state index contributed by atoms with van der Waals surface area (Å²) in [5.74, 6) is -0.0388. The molecule has 0 saturated heterocycles. The number of para-hydroxylation sites is 1. The monoisotopic (exact) mass is 553 g/mol. The summed E-state index contributed by atoms with van der Waals surface area (Å²) in [4.78, 5) is 15.3. The molecule has 13 heteroatoms. The Morgan fingerprint density at radius 3 is 2.68 bits per heavy atom. The number of nitrogens with two attached hydrogens (primary N) is 1. The molecule has 41 heavy (non-hydrogen) atoms. The molecule has 0 aliphatic carbocycles. The van der Waals surface area contributed by atoms with E-state index in [2.05, 4.69) is 42.1 Å². The minimum atomic E-state index is -0.552. The summed E-state index contributed by atoms with van der Waals surface area (Å²) >= 11 is 0. The van der Waals surface area contributed by atoms with E-state index in [1.54, 1.807) is 36.4 Å². The number of nitrogens with zero attached hydrogens (tertiary/aromatic N) is 7. The third-order valence-electron chi connectivity index (χ3n) is 6.58. The molecular formula is C28H24FN9O3. The van der Waals surface area contributed by atoms with Crippen LogP contribution in [0.5, 0.6) is 5.75 Å². The number of amides is 1. The number of nitrogen functional groups attached to an aromatic ring is 1. The maximum atomic E-state index is 13.1. The maximum Gasteiger partial charge on any atom is 0.293 e. The third kappa shape index (κ3) is 5.59. The Kier molecular flexibility index (Phi) is 7.05. The second-order valence-corrected chi connectivity index (χ2v) is 9.25. The Hall–Kier alpha value is -5.59. The summed E-state index contributed by atoms with van der Waals surface area (Å²) in [6.07, 6.45) is 2.38.